The van der Waals surface area contributed by atoms with Gasteiger partial charge in [0.15, 0.2) is 5.96 Å². The van der Waals surface area contributed by atoms with E-state index >= 15 is 0 Å². The van der Waals surface area contributed by atoms with Crippen molar-refractivity contribution in [1.82, 2.24) is 53.5 Å². The Kier molecular flexibility index (Phi) is 24.4. The first-order valence-electron chi connectivity index (χ1n) is 28.5. The number of ether oxygens (including phenoxy) is 5. The van der Waals surface area contributed by atoms with Crippen LogP contribution in [0.15, 0.2) is 170 Å². The number of hydrogen-bond acceptors (Lipinski definition) is 20. The van der Waals surface area contributed by atoms with Crippen LogP contribution in [0, 0.1) is 0 Å². The molecule has 486 valence electrons. The molecule has 3 aromatic carbocycles. The lowest BCUT2D eigenvalue weighted by Crippen LogP contribution is -2.21. The number of allylic oxidation sites excluding steroid dienone is 1. The number of aliphatic imine (C=N–C) groups is 1. The average molecular weight is 1280 g/mol. The van der Waals surface area contributed by atoms with Gasteiger partial charge in [0.05, 0.1) is 79.1 Å². The molecule has 0 aliphatic rings. The molecular weight excluding hydrogens is 1200 g/mol. The molecule has 0 atom stereocenters. The van der Waals surface area contributed by atoms with Crippen LogP contribution in [-0.2, 0) is 64.6 Å². The predicted octanol–water partition coefficient (Wildman–Crippen LogP) is 10.3. The fraction of sp³-hybridized carbons (Fsp3) is 0.206. The summed E-state index contributed by atoms with van der Waals surface area (Å²) < 4.78 is 30.1. The van der Waals surface area contributed by atoms with Gasteiger partial charge >= 0.3 is 17.9 Å². The second-order valence-electron chi connectivity index (χ2n) is 20.8. The first-order chi connectivity index (χ1) is 44.8. The zero-order chi connectivity index (χ0) is 66.7. The van der Waals surface area contributed by atoms with E-state index in [-0.39, 0.29) is 36.8 Å². The summed E-state index contributed by atoms with van der Waals surface area (Å²) >= 11 is 0. The van der Waals surface area contributed by atoms with Crippen molar-refractivity contribution in [3.8, 4) is 22.8 Å². The second kappa shape index (κ2) is 32.8. The Morgan fingerprint density at radius 3 is 1.37 bits per heavy atom. The van der Waals surface area contributed by atoms with E-state index in [1.165, 1.54) is 20.3 Å². The van der Waals surface area contributed by atoms with Crippen molar-refractivity contribution in [2.24, 2.45) is 37.6 Å². The van der Waals surface area contributed by atoms with Crippen LogP contribution in [0.4, 0.5) is 29.0 Å². The molecule has 26 nitrogen and oxygen atoms in total. The zero-order valence-electron chi connectivity index (χ0n) is 52.9. The van der Waals surface area contributed by atoms with Crippen molar-refractivity contribution < 1.29 is 48.0 Å². The lowest BCUT2D eigenvalue weighted by atomic mass is 10.2. The van der Waals surface area contributed by atoms with Crippen LogP contribution >= 0.6 is 0 Å². The summed E-state index contributed by atoms with van der Waals surface area (Å²) in [5.74, 6) is -0.943. The molecule has 0 radical (unpaired) electrons. The number of anilines is 4. The number of hydrogen-bond donors (Lipinski definition) is 5. The lowest BCUT2D eigenvalue weighted by molar-refractivity contribution is 0.0581. The smallest absolute Gasteiger partial charge is 0.354 e. The van der Waals surface area contributed by atoms with Gasteiger partial charge in [0, 0.05) is 127 Å². The number of guanidine groups is 1. The first-order valence-corrected chi connectivity index (χ1v) is 28.5. The summed E-state index contributed by atoms with van der Waals surface area (Å²) in [4.78, 5) is 82.8. The van der Waals surface area contributed by atoms with Crippen molar-refractivity contribution in [1.29, 1.82) is 0 Å². The normalized spacial score (nSPS) is 10.7. The van der Waals surface area contributed by atoms with E-state index in [1.54, 1.807) is 128 Å². The van der Waals surface area contributed by atoms with Gasteiger partial charge in [-0.05, 0) is 120 Å². The monoisotopic (exact) mass is 1270 g/mol. The van der Waals surface area contributed by atoms with Crippen LogP contribution in [0.5, 0.6) is 0 Å². The fourth-order valence-electron chi connectivity index (χ4n) is 9.45. The molecule has 0 saturated carbocycles. The van der Waals surface area contributed by atoms with E-state index in [0.717, 1.165) is 72.2 Å². The summed E-state index contributed by atoms with van der Waals surface area (Å²) in [6, 6.07) is 36.9. The maximum atomic E-state index is 11.9. The summed E-state index contributed by atoms with van der Waals surface area (Å²) in [5.41, 5.74) is 22.9. The molecule has 11 aromatic rings. The number of ketones is 1. The highest BCUT2D eigenvalue weighted by Gasteiger charge is 2.17. The summed E-state index contributed by atoms with van der Waals surface area (Å²) in [7, 11) is 16.7. The van der Waals surface area contributed by atoms with Gasteiger partial charge in [0.2, 0.25) is 17.7 Å². The quantitative estimate of drug-likeness (QED) is 0.0165. The molecule has 0 spiro atoms. The molecule has 8 aromatic heterocycles. The van der Waals surface area contributed by atoms with Gasteiger partial charge in [0.1, 0.15) is 22.8 Å². The summed E-state index contributed by atoms with van der Waals surface area (Å²) in [6.07, 6.45) is 11.6. The van der Waals surface area contributed by atoms with Gasteiger partial charge in [-0.25, -0.2) is 39.3 Å². The largest absolute Gasteiger partial charge is 0.477 e. The van der Waals surface area contributed by atoms with E-state index in [9.17, 15) is 24.3 Å². The van der Waals surface area contributed by atoms with Gasteiger partial charge in [-0.1, -0.05) is 25.6 Å². The number of methoxy groups -OCH3 is 5. The number of aromatic carboxylic acids is 1. The standard InChI is InChI=1S/C22H21N5O3.C21H19N5O3.C12H14N4O2.C12H16N2O2.CH4/c1-27-19-12-16(5-4-15(19)11-20(27)21(28)30-3)25-22-24-9-7-17(26-22)18-10-14(13-29-2)6-8-23-18;1-26-18-11-15(4-3-14(18)10-19(26)20(27)28)24-21-23-8-6-16(25-21)17-9-13(12-29-2)5-7-22-17;1-16-9-6-8(15-12(13)14)4-3-7(9)5-10(16)11(17)18-2;1-14(2)7-5-12(15)11-8-10(9-16-3)4-6-13-11;/h4-12H,13H2,1-3H3,(H,24,25,26);3-11H,12H2,1-2H3,(H,27,28)(H,23,24,25);3-6H,1-2H3,(H4,13,14,15);4-8H,9H2,1-3H3;1H4/b;;;7-5+;. The van der Waals surface area contributed by atoms with E-state index in [0.29, 0.717) is 65.9 Å². The number of esters is 2. The van der Waals surface area contributed by atoms with Gasteiger partial charge in [-0.2, -0.15) is 0 Å². The average Bonchev–Trinajstić information content (AvgIpc) is 1.65. The van der Waals surface area contributed by atoms with Crippen molar-refractivity contribution in [2.75, 3.05) is 60.3 Å². The minimum Gasteiger partial charge on any atom is -0.477 e. The van der Waals surface area contributed by atoms with Crippen LogP contribution in [0.3, 0.4) is 0 Å². The number of nitrogens with one attached hydrogen (secondary N) is 2. The number of pyridine rings is 3. The molecule has 8 heterocycles. The highest BCUT2D eigenvalue weighted by molar-refractivity contribution is 6.03. The van der Waals surface area contributed by atoms with Gasteiger partial charge in [-0.3, -0.25) is 19.7 Å². The number of carboxylic acid groups (broad SMARTS) is 1. The number of carbonyl (C=O) groups excluding carboxylic acids is 3. The molecule has 94 heavy (non-hydrogen) atoms. The van der Waals surface area contributed by atoms with E-state index in [1.807, 2.05) is 106 Å². The minimum absolute atomic E-state index is 0. The molecule has 11 rings (SSSR count). The Morgan fingerprint density at radius 2 is 0.936 bits per heavy atom. The van der Waals surface area contributed by atoms with Crippen LogP contribution in [-0.4, -0.2) is 138 Å². The fourth-order valence-corrected chi connectivity index (χ4v) is 9.45. The molecule has 0 bridgehead atoms. The molecule has 0 unspecified atom stereocenters. The number of rotatable bonds is 19. The zero-order valence-corrected chi connectivity index (χ0v) is 52.9. The third-order valence-corrected chi connectivity index (χ3v) is 13.9. The molecule has 0 aliphatic carbocycles. The Morgan fingerprint density at radius 1 is 0.521 bits per heavy atom. The number of benzene rings is 3. The first kappa shape index (κ1) is 69.7. The Balaban J connectivity index is 0.000000183. The number of nitrogens with two attached hydrogens (primary N) is 2. The Bertz CT molecular complexity index is 4530. The summed E-state index contributed by atoms with van der Waals surface area (Å²) in [5, 5.41) is 18.4. The molecule has 26 heteroatoms. The highest BCUT2D eigenvalue weighted by atomic mass is 16.5. The van der Waals surface area contributed by atoms with Crippen molar-refractivity contribution in [3.63, 3.8) is 0 Å². The van der Waals surface area contributed by atoms with Crippen molar-refractivity contribution in [3.05, 3.63) is 204 Å². The maximum absolute atomic E-state index is 11.9. The second-order valence-corrected chi connectivity index (χ2v) is 20.8. The van der Waals surface area contributed by atoms with Crippen molar-refractivity contribution >= 4 is 91.3 Å². The molecular formula is C68H74N16O10. The molecule has 0 fully saturated rings. The van der Waals surface area contributed by atoms with Crippen LogP contribution in [0.1, 0.15) is 66.1 Å². The number of aryl methyl sites for hydroxylation is 3. The number of fused-ring (bicyclic) bond motifs is 3. The predicted molar refractivity (Wildman–Crippen MR) is 361 cm³/mol. The van der Waals surface area contributed by atoms with Crippen LogP contribution in [0.2, 0.25) is 0 Å². The van der Waals surface area contributed by atoms with Crippen LogP contribution in [0.25, 0.3) is 55.5 Å². The molecule has 7 N–H and O–H groups in total. The van der Waals surface area contributed by atoms with Gasteiger partial charge in [-0.15, -0.1) is 0 Å². The van der Waals surface area contributed by atoms with Crippen molar-refractivity contribution in [2.45, 2.75) is 27.2 Å². The summed E-state index contributed by atoms with van der Waals surface area (Å²) in [6.45, 7) is 1.50. The highest BCUT2D eigenvalue weighted by Crippen LogP contribution is 2.29. The maximum Gasteiger partial charge on any atom is 0.354 e. The van der Waals surface area contributed by atoms with Gasteiger partial charge in [0.25, 0.3) is 0 Å². The van der Waals surface area contributed by atoms with Crippen LogP contribution < -0.4 is 22.1 Å². The molecule has 0 amide bonds. The number of aromatic nitrogens is 10. The molecule has 0 saturated heterocycles. The Labute approximate surface area is 542 Å². The number of nitrogens with zero attached hydrogens (tertiary/aromatic N) is 12. The number of carbonyl (C=O) groups is 4. The van der Waals surface area contributed by atoms with E-state index in [2.05, 4.69) is 50.5 Å². The van der Waals surface area contributed by atoms with E-state index in [4.69, 9.17) is 35.2 Å². The van der Waals surface area contributed by atoms with Gasteiger partial charge < -0.3 is 69.5 Å². The SMILES string of the molecule is C.COC(=O)c1cc2ccc(N=C(N)N)cc2n1C.COCc1ccnc(-c2ccnc(Nc3ccc4cc(C(=O)O)n(C)c4c3)n2)c1.COCc1ccnc(-c2ccnc(Nc3ccc4cc(C(=O)OC)n(C)c4c3)n2)c1.COCc1ccnc(C(=O)/C=C/N(C)C)c1. The molecule has 0 aliphatic heterocycles. The Hall–Kier alpha value is -11.7. The topological polar surface area (TPSA) is 331 Å². The minimum atomic E-state index is -0.961. The van der Waals surface area contributed by atoms with E-state index < -0.39 is 5.97 Å². The third kappa shape index (κ3) is 18.0. The number of carboxylic acids is 1. The third-order valence-electron chi connectivity index (χ3n) is 13.9. The lowest BCUT2D eigenvalue weighted by Gasteiger charge is -2.08.